The summed E-state index contributed by atoms with van der Waals surface area (Å²) in [5.74, 6) is 1.19. The molecule has 2 aliphatic rings. The van der Waals surface area contributed by atoms with Crippen molar-refractivity contribution in [2.75, 3.05) is 19.6 Å². The lowest BCUT2D eigenvalue weighted by Gasteiger charge is -2.35. The Labute approximate surface area is 105 Å². The molecule has 2 aliphatic heterocycles. The molecule has 98 valence electrons. The van der Waals surface area contributed by atoms with E-state index in [1.54, 1.807) is 0 Å². The van der Waals surface area contributed by atoms with Gasteiger partial charge in [0.15, 0.2) is 0 Å². The number of nitrogens with one attached hydrogen (secondary N) is 1. The summed E-state index contributed by atoms with van der Waals surface area (Å²) in [4.78, 5) is 14.0. The van der Waals surface area contributed by atoms with Gasteiger partial charge in [-0.1, -0.05) is 13.3 Å². The van der Waals surface area contributed by atoms with Crippen LogP contribution >= 0.6 is 0 Å². The van der Waals surface area contributed by atoms with Crippen LogP contribution in [0.3, 0.4) is 0 Å². The second-order valence-corrected chi connectivity index (χ2v) is 5.52. The molecule has 3 heteroatoms. The van der Waals surface area contributed by atoms with Crippen LogP contribution in [0, 0.1) is 5.92 Å². The number of likely N-dealkylation sites (tertiary alicyclic amines) is 1. The van der Waals surface area contributed by atoms with Crippen molar-refractivity contribution in [2.45, 2.75) is 57.9 Å². The first-order chi connectivity index (χ1) is 8.31. The van der Waals surface area contributed by atoms with E-state index in [1.165, 1.54) is 32.2 Å². The summed E-state index contributed by atoms with van der Waals surface area (Å²) in [6.07, 6.45) is 8.00. The van der Waals surface area contributed by atoms with Gasteiger partial charge in [0.2, 0.25) is 5.91 Å². The van der Waals surface area contributed by atoms with Crippen molar-refractivity contribution < 1.29 is 4.79 Å². The van der Waals surface area contributed by atoms with Crippen LogP contribution in [0.2, 0.25) is 0 Å². The number of carbonyl (C=O) groups is 1. The first-order valence-corrected chi connectivity index (χ1v) is 7.32. The van der Waals surface area contributed by atoms with E-state index in [2.05, 4.69) is 17.1 Å². The summed E-state index contributed by atoms with van der Waals surface area (Å²) >= 11 is 0. The summed E-state index contributed by atoms with van der Waals surface area (Å²) in [7, 11) is 0. The first-order valence-electron chi connectivity index (χ1n) is 7.32. The molecular weight excluding hydrogens is 212 g/mol. The number of piperidine rings is 1. The zero-order chi connectivity index (χ0) is 12.1. The molecule has 17 heavy (non-hydrogen) atoms. The minimum atomic E-state index is 0.379. The van der Waals surface area contributed by atoms with Crippen LogP contribution in [-0.4, -0.2) is 36.5 Å². The highest BCUT2D eigenvalue weighted by Gasteiger charge is 2.29. The largest absolute Gasteiger partial charge is 0.343 e. The van der Waals surface area contributed by atoms with Gasteiger partial charge in [0.1, 0.15) is 0 Å². The van der Waals surface area contributed by atoms with Crippen LogP contribution in [0.4, 0.5) is 0 Å². The van der Waals surface area contributed by atoms with Crippen molar-refractivity contribution in [1.29, 1.82) is 0 Å². The number of nitrogens with zero attached hydrogens (tertiary/aromatic N) is 1. The van der Waals surface area contributed by atoms with Gasteiger partial charge in [-0.2, -0.15) is 0 Å². The van der Waals surface area contributed by atoms with Crippen LogP contribution < -0.4 is 5.32 Å². The number of hydrogen-bond acceptors (Lipinski definition) is 2. The fraction of sp³-hybridized carbons (Fsp3) is 0.929. The molecule has 0 aliphatic carbocycles. The van der Waals surface area contributed by atoms with Gasteiger partial charge in [0, 0.05) is 25.6 Å². The molecule has 0 aromatic rings. The monoisotopic (exact) mass is 238 g/mol. The minimum absolute atomic E-state index is 0.379. The summed E-state index contributed by atoms with van der Waals surface area (Å²) in [5, 5.41) is 3.60. The molecule has 0 radical (unpaired) electrons. The van der Waals surface area contributed by atoms with Gasteiger partial charge < -0.3 is 10.2 Å². The summed E-state index contributed by atoms with van der Waals surface area (Å²) in [6.45, 7) is 5.32. The highest BCUT2D eigenvalue weighted by atomic mass is 16.2. The van der Waals surface area contributed by atoms with E-state index < -0.39 is 0 Å². The SMILES string of the molecule is CCCCC(=O)N1CCC(C2CCCN2)CC1. The average molecular weight is 238 g/mol. The molecule has 2 fully saturated rings. The molecule has 1 atom stereocenters. The first kappa shape index (κ1) is 12.9. The molecule has 3 nitrogen and oxygen atoms in total. The van der Waals surface area contributed by atoms with E-state index >= 15 is 0 Å². The van der Waals surface area contributed by atoms with E-state index in [0.717, 1.165) is 44.3 Å². The molecular formula is C14H26N2O. The molecule has 2 saturated heterocycles. The van der Waals surface area contributed by atoms with Crippen LogP contribution in [0.1, 0.15) is 51.9 Å². The maximum absolute atomic E-state index is 11.9. The molecule has 2 rings (SSSR count). The lowest BCUT2D eigenvalue weighted by Crippen LogP contribution is -2.43. The predicted octanol–water partition coefficient (Wildman–Crippen LogP) is 2.17. The van der Waals surface area contributed by atoms with E-state index in [4.69, 9.17) is 0 Å². The molecule has 0 spiro atoms. The van der Waals surface area contributed by atoms with Crippen molar-refractivity contribution in [3.63, 3.8) is 0 Å². The summed E-state index contributed by atoms with van der Waals surface area (Å²) in [6, 6.07) is 0.739. The molecule has 0 saturated carbocycles. The molecule has 1 N–H and O–H groups in total. The van der Waals surface area contributed by atoms with Crippen LogP contribution in [0.5, 0.6) is 0 Å². The number of amides is 1. The quantitative estimate of drug-likeness (QED) is 0.814. The Morgan fingerprint density at radius 1 is 1.29 bits per heavy atom. The number of carbonyl (C=O) groups excluding carboxylic acids is 1. The average Bonchev–Trinajstić information content (AvgIpc) is 2.90. The topological polar surface area (TPSA) is 32.3 Å². The predicted molar refractivity (Wildman–Crippen MR) is 69.9 cm³/mol. The smallest absolute Gasteiger partial charge is 0.222 e. The van der Waals surface area contributed by atoms with Gasteiger partial charge >= 0.3 is 0 Å². The molecule has 1 unspecified atom stereocenters. The highest BCUT2D eigenvalue weighted by molar-refractivity contribution is 5.76. The molecule has 0 bridgehead atoms. The van der Waals surface area contributed by atoms with Gasteiger partial charge in [-0.15, -0.1) is 0 Å². The second kappa shape index (κ2) is 6.39. The lowest BCUT2D eigenvalue weighted by atomic mass is 9.88. The van der Waals surface area contributed by atoms with Gasteiger partial charge in [-0.25, -0.2) is 0 Å². The Morgan fingerprint density at radius 2 is 2.06 bits per heavy atom. The van der Waals surface area contributed by atoms with Gasteiger partial charge in [0.25, 0.3) is 0 Å². The van der Waals surface area contributed by atoms with E-state index in [-0.39, 0.29) is 0 Å². The third kappa shape index (κ3) is 3.44. The molecule has 2 heterocycles. The third-order valence-electron chi connectivity index (χ3n) is 4.30. The van der Waals surface area contributed by atoms with Crippen molar-refractivity contribution in [3.8, 4) is 0 Å². The van der Waals surface area contributed by atoms with Crippen LogP contribution in [0.25, 0.3) is 0 Å². The Hall–Kier alpha value is -0.570. The third-order valence-corrected chi connectivity index (χ3v) is 4.30. The second-order valence-electron chi connectivity index (χ2n) is 5.52. The van der Waals surface area contributed by atoms with E-state index in [0.29, 0.717) is 5.91 Å². The highest BCUT2D eigenvalue weighted by Crippen LogP contribution is 2.25. The van der Waals surface area contributed by atoms with E-state index in [9.17, 15) is 4.79 Å². The Kier molecular flexibility index (Phi) is 4.84. The lowest BCUT2D eigenvalue weighted by molar-refractivity contribution is -0.132. The van der Waals surface area contributed by atoms with Crippen LogP contribution in [-0.2, 0) is 4.79 Å². The zero-order valence-electron chi connectivity index (χ0n) is 11.1. The van der Waals surface area contributed by atoms with Gasteiger partial charge in [-0.3, -0.25) is 4.79 Å². The molecule has 0 aromatic carbocycles. The Morgan fingerprint density at radius 3 is 2.65 bits per heavy atom. The fourth-order valence-corrected chi connectivity index (χ4v) is 3.15. The van der Waals surface area contributed by atoms with Crippen molar-refractivity contribution in [3.05, 3.63) is 0 Å². The maximum atomic E-state index is 11.9. The maximum Gasteiger partial charge on any atom is 0.222 e. The minimum Gasteiger partial charge on any atom is -0.343 e. The normalized spacial score (nSPS) is 26.4. The summed E-state index contributed by atoms with van der Waals surface area (Å²) < 4.78 is 0. The van der Waals surface area contributed by atoms with Crippen molar-refractivity contribution in [2.24, 2.45) is 5.92 Å². The van der Waals surface area contributed by atoms with E-state index in [1.807, 2.05) is 0 Å². The zero-order valence-corrected chi connectivity index (χ0v) is 11.1. The number of unbranched alkanes of at least 4 members (excludes halogenated alkanes) is 1. The van der Waals surface area contributed by atoms with Crippen molar-refractivity contribution >= 4 is 5.91 Å². The van der Waals surface area contributed by atoms with Crippen LogP contribution in [0.15, 0.2) is 0 Å². The fourth-order valence-electron chi connectivity index (χ4n) is 3.15. The molecule has 0 aromatic heterocycles. The summed E-state index contributed by atoms with van der Waals surface area (Å²) in [5.41, 5.74) is 0. The van der Waals surface area contributed by atoms with Gasteiger partial charge in [-0.05, 0) is 44.6 Å². The number of hydrogen-bond donors (Lipinski definition) is 1. The standard InChI is InChI=1S/C14H26N2O/c1-2-3-6-14(17)16-10-7-12(8-11-16)13-5-4-9-15-13/h12-13,15H,2-11H2,1H3. The Balaban J connectivity index is 1.71. The van der Waals surface area contributed by atoms with Gasteiger partial charge in [0.05, 0.1) is 0 Å². The van der Waals surface area contributed by atoms with Crippen molar-refractivity contribution in [1.82, 2.24) is 10.2 Å². The molecule has 1 amide bonds. The Bertz CT molecular complexity index is 241. The number of rotatable bonds is 4.